The summed E-state index contributed by atoms with van der Waals surface area (Å²) in [5, 5.41) is 0. The van der Waals surface area contributed by atoms with Crippen molar-refractivity contribution in [1.29, 1.82) is 0 Å². The van der Waals surface area contributed by atoms with Gasteiger partial charge in [-0.05, 0) is 35.7 Å². The maximum Gasteiger partial charge on any atom is 0.317 e. The van der Waals surface area contributed by atoms with Gasteiger partial charge in [0, 0.05) is 17.9 Å². The second-order valence-corrected chi connectivity index (χ2v) is 6.55. The number of rotatable bonds is 3. The lowest BCUT2D eigenvalue weighted by atomic mass is 10.1. The fourth-order valence-electron chi connectivity index (χ4n) is 3.43. The van der Waals surface area contributed by atoms with Crippen LogP contribution in [0.15, 0.2) is 84.9 Å². The first-order valence-corrected chi connectivity index (χ1v) is 9.04. The number of anilines is 2. The molecule has 0 saturated carbocycles. The molecule has 0 saturated heterocycles. The van der Waals surface area contributed by atoms with E-state index < -0.39 is 11.8 Å². The second-order valence-electron chi connectivity index (χ2n) is 6.55. The lowest BCUT2D eigenvalue weighted by Gasteiger charge is -2.25. The first kappa shape index (κ1) is 17.0. The molecular weight excluding hydrogens is 336 g/mol. The van der Waals surface area contributed by atoms with Crippen molar-refractivity contribution in [3.8, 4) is 0 Å². The number of hydrogen-bond donors (Lipinski definition) is 0. The number of amides is 2. The molecule has 0 unspecified atom stereocenters. The Morgan fingerprint density at radius 2 is 1.44 bits per heavy atom. The number of carbonyl (C=O) groups is 2. The Bertz CT molecular complexity index is 954. The van der Waals surface area contributed by atoms with Crippen LogP contribution in [0.2, 0.25) is 0 Å². The molecule has 4 heteroatoms. The van der Waals surface area contributed by atoms with Crippen molar-refractivity contribution in [2.24, 2.45) is 0 Å². The summed E-state index contributed by atoms with van der Waals surface area (Å²) >= 11 is 0. The summed E-state index contributed by atoms with van der Waals surface area (Å²) in [6.07, 6.45) is 0.777. The summed E-state index contributed by atoms with van der Waals surface area (Å²) in [6, 6.07) is 26.8. The predicted octanol–water partition coefficient (Wildman–Crippen LogP) is 3.81. The Kier molecular flexibility index (Phi) is 4.71. The molecule has 4 nitrogen and oxygen atoms in total. The van der Waals surface area contributed by atoms with Crippen LogP contribution in [0.3, 0.4) is 0 Å². The van der Waals surface area contributed by atoms with Crippen LogP contribution in [0, 0.1) is 0 Å². The van der Waals surface area contributed by atoms with Gasteiger partial charge in [-0.3, -0.25) is 14.5 Å². The third-order valence-corrected chi connectivity index (χ3v) is 4.81. The minimum atomic E-state index is -0.512. The Labute approximate surface area is 158 Å². The number of benzene rings is 3. The molecule has 0 aromatic heterocycles. The molecule has 1 aliphatic heterocycles. The number of carbonyl (C=O) groups excluding carboxylic acids is 2. The zero-order chi connectivity index (χ0) is 18.6. The predicted molar refractivity (Wildman–Crippen MR) is 107 cm³/mol. The molecule has 3 aromatic rings. The Balaban J connectivity index is 1.64. The monoisotopic (exact) mass is 356 g/mol. The number of hydrogen-bond acceptors (Lipinski definition) is 2. The van der Waals surface area contributed by atoms with Crippen LogP contribution in [0.1, 0.15) is 11.1 Å². The van der Waals surface area contributed by atoms with Gasteiger partial charge in [-0.2, -0.15) is 0 Å². The quantitative estimate of drug-likeness (QED) is 0.670. The highest BCUT2D eigenvalue weighted by atomic mass is 16.2. The molecule has 1 aliphatic rings. The van der Waals surface area contributed by atoms with E-state index in [1.54, 1.807) is 9.80 Å². The summed E-state index contributed by atoms with van der Waals surface area (Å²) in [5.41, 5.74) is 3.63. The average molecular weight is 356 g/mol. The van der Waals surface area contributed by atoms with E-state index >= 15 is 0 Å². The van der Waals surface area contributed by atoms with Crippen molar-refractivity contribution in [1.82, 2.24) is 0 Å². The fourth-order valence-corrected chi connectivity index (χ4v) is 3.43. The molecule has 0 atom stereocenters. The third kappa shape index (κ3) is 3.47. The standard InChI is InChI=1S/C23H20N2O2/c26-22(24-16-15-19-11-7-8-14-21(19)24)23(27)25(20-12-5-2-6-13-20)17-18-9-3-1-4-10-18/h1-14H,15-17H2. The van der Waals surface area contributed by atoms with Gasteiger partial charge in [0.25, 0.3) is 0 Å². The number of nitrogens with zero attached hydrogens (tertiary/aromatic N) is 2. The van der Waals surface area contributed by atoms with Crippen molar-refractivity contribution in [2.75, 3.05) is 16.3 Å². The smallest absolute Gasteiger partial charge is 0.304 e. The van der Waals surface area contributed by atoms with Crippen molar-refractivity contribution in [3.05, 3.63) is 96.1 Å². The molecule has 1 heterocycles. The normalized spacial score (nSPS) is 12.5. The molecule has 2 amide bonds. The van der Waals surface area contributed by atoms with E-state index in [0.717, 1.165) is 23.2 Å². The summed E-state index contributed by atoms with van der Waals surface area (Å²) in [5.74, 6) is -0.999. The molecule has 0 N–H and O–H groups in total. The van der Waals surface area contributed by atoms with Crippen LogP contribution in [-0.2, 0) is 22.6 Å². The highest BCUT2D eigenvalue weighted by Crippen LogP contribution is 2.28. The minimum Gasteiger partial charge on any atom is -0.304 e. The van der Waals surface area contributed by atoms with Crippen LogP contribution >= 0.6 is 0 Å². The lowest BCUT2D eigenvalue weighted by Crippen LogP contribution is -2.44. The first-order chi connectivity index (χ1) is 13.2. The van der Waals surface area contributed by atoms with Crippen LogP contribution < -0.4 is 9.80 Å². The second kappa shape index (κ2) is 7.46. The maximum atomic E-state index is 13.2. The lowest BCUT2D eigenvalue weighted by molar-refractivity contribution is -0.136. The van der Waals surface area contributed by atoms with Gasteiger partial charge in [0.15, 0.2) is 0 Å². The molecule has 4 rings (SSSR count). The van der Waals surface area contributed by atoms with Crippen molar-refractivity contribution < 1.29 is 9.59 Å². The van der Waals surface area contributed by atoms with Crippen molar-refractivity contribution in [3.63, 3.8) is 0 Å². The Morgan fingerprint density at radius 1 is 0.815 bits per heavy atom. The van der Waals surface area contributed by atoms with Gasteiger partial charge in [0.1, 0.15) is 0 Å². The SMILES string of the molecule is O=C(C(=O)N1CCc2ccccc21)N(Cc1ccccc1)c1ccccc1. The van der Waals surface area contributed by atoms with Crippen LogP contribution in [0.25, 0.3) is 0 Å². The average Bonchev–Trinajstić information content (AvgIpc) is 3.16. The highest BCUT2D eigenvalue weighted by Gasteiger charge is 2.32. The molecule has 0 spiro atoms. The number of fused-ring (bicyclic) bond motifs is 1. The zero-order valence-electron chi connectivity index (χ0n) is 14.9. The third-order valence-electron chi connectivity index (χ3n) is 4.81. The topological polar surface area (TPSA) is 40.6 Å². The molecule has 3 aromatic carbocycles. The molecular formula is C23H20N2O2. The number of para-hydroxylation sites is 2. The first-order valence-electron chi connectivity index (χ1n) is 9.04. The van der Waals surface area contributed by atoms with E-state index in [4.69, 9.17) is 0 Å². The van der Waals surface area contributed by atoms with E-state index in [0.29, 0.717) is 18.8 Å². The highest BCUT2D eigenvalue weighted by molar-refractivity contribution is 6.45. The van der Waals surface area contributed by atoms with E-state index in [2.05, 4.69) is 0 Å². The molecule has 0 radical (unpaired) electrons. The molecule has 0 aliphatic carbocycles. The van der Waals surface area contributed by atoms with Gasteiger partial charge in [-0.1, -0.05) is 66.7 Å². The molecule has 27 heavy (non-hydrogen) atoms. The van der Waals surface area contributed by atoms with Gasteiger partial charge in [-0.15, -0.1) is 0 Å². The summed E-state index contributed by atoms with van der Waals surface area (Å²) in [6.45, 7) is 0.892. The Morgan fingerprint density at radius 3 is 2.19 bits per heavy atom. The summed E-state index contributed by atoms with van der Waals surface area (Å²) < 4.78 is 0. The van der Waals surface area contributed by atoms with Crippen LogP contribution in [0.5, 0.6) is 0 Å². The summed E-state index contributed by atoms with van der Waals surface area (Å²) in [4.78, 5) is 29.4. The Hall–Kier alpha value is -3.40. The van der Waals surface area contributed by atoms with Gasteiger partial charge >= 0.3 is 11.8 Å². The fraction of sp³-hybridized carbons (Fsp3) is 0.130. The molecule has 0 bridgehead atoms. The summed E-state index contributed by atoms with van der Waals surface area (Å²) in [7, 11) is 0. The van der Waals surface area contributed by atoms with E-state index in [9.17, 15) is 9.59 Å². The van der Waals surface area contributed by atoms with Crippen LogP contribution in [0.4, 0.5) is 11.4 Å². The van der Waals surface area contributed by atoms with Crippen molar-refractivity contribution >= 4 is 23.2 Å². The minimum absolute atomic E-state index is 0.352. The van der Waals surface area contributed by atoms with E-state index in [1.807, 2.05) is 84.9 Å². The van der Waals surface area contributed by atoms with Crippen molar-refractivity contribution in [2.45, 2.75) is 13.0 Å². The van der Waals surface area contributed by atoms with E-state index in [1.165, 1.54) is 0 Å². The van der Waals surface area contributed by atoms with Gasteiger partial charge in [0.05, 0.1) is 6.54 Å². The largest absolute Gasteiger partial charge is 0.317 e. The molecule has 134 valence electrons. The van der Waals surface area contributed by atoms with Gasteiger partial charge < -0.3 is 4.90 Å². The van der Waals surface area contributed by atoms with E-state index in [-0.39, 0.29) is 0 Å². The van der Waals surface area contributed by atoms with Gasteiger partial charge in [0.2, 0.25) is 0 Å². The van der Waals surface area contributed by atoms with Crippen LogP contribution in [-0.4, -0.2) is 18.4 Å². The van der Waals surface area contributed by atoms with Gasteiger partial charge in [-0.25, -0.2) is 0 Å². The maximum absolute atomic E-state index is 13.2. The zero-order valence-corrected chi connectivity index (χ0v) is 14.9. The molecule has 0 fully saturated rings.